The highest BCUT2D eigenvalue weighted by atomic mass is 16.6. The van der Waals surface area contributed by atoms with Gasteiger partial charge in [-0.15, -0.1) is 0 Å². The summed E-state index contributed by atoms with van der Waals surface area (Å²) in [5.41, 5.74) is 5.20. The van der Waals surface area contributed by atoms with Crippen LogP contribution in [-0.4, -0.2) is 96.9 Å². The molecule has 115 heavy (non-hydrogen) atoms. The van der Waals surface area contributed by atoms with E-state index in [-0.39, 0.29) is 79.1 Å². The highest BCUT2D eigenvalue weighted by Gasteiger charge is 2.59. The average molecular weight is 1590 g/mol. The maximum Gasteiger partial charge on any atom is 0.344 e. The first-order chi connectivity index (χ1) is 54.7. The van der Waals surface area contributed by atoms with Crippen LogP contribution < -0.4 is 18.9 Å². The zero-order chi connectivity index (χ0) is 84.0. The lowest BCUT2D eigenvalue weighted by Gasteiger charge is -2.61. The van der Waals surface area contributed by atoms with Crippen molar-refractivity contribution in [2.45, 2.75) is 349 Å². The predicted molar refractivity (Wildman–Crippen MR) is 457 cm³/mol. The van der Waals surface area contributed by atoms with E-state index >= 15 is 0 Å². The minimum Gasteiger partial charge on any atom is -0.482 e. The monoisotopic (exact) mass is 1590 g/mol. The van der Waals surface area contributed by atoms with E-state index in [1.807, 2.05) is 113 Å². The number of carbonyl (C=O) groups is 6. The Kier molecular flexibility index (Phi) is 37.0. The van der Waals surface area contributed by atoms with Crippen LogP contribution in [0.5, 0.6) is 23.0 Å². The topological polar surface area (TPSA) is 195 Å². The Morgan fingerprint density at radius 1 is 0.374 bits per heavy atom. The van der Waals surface area contributed by atoms with Gasteiger partial charge >= 0.3 is 35.8 Å². The van der Waals surface area contributed by atoms with Gasteiger partial charge in [0.1, 0.15) is 51.0 Å². The molecule has 0 saturated heterocycles. The van der Waals surface area contributed by atoms with Gasteiger partial charge in [-0.2, -0.15) is 0 Å². The van der Waals surface area contributed by atoms with Crippen molar-refractivity contribution in [3.05, 3.63) is 155 Å². The fourth-order valence-corrected chi connectivity index (χ4v) is 17.5. The zero-order valence-corrected chi connectivity index (χ0v) is 73.6. The van der Waals surface area contributed by atoms with Crippen LogP contribution in [0.2, 0.25) is 0 Å². The Balaban J connectivity index is 0.000000200. The van der Waals surface area contributed by atoms with Gasteiger partial charge in [-0.1, -0.05) is 150 Å². The largest absolute Gasteiger partial charge is 0.482 e. The third kappa shape index (κ3) is 29.9. The molecule has 0 N–H and O–H groups in total. The maximum absolute atomic E-state index is 12.6. The second-order valence-electron chi connectivity index (χ2n) is 35.9. The van der Waals surface area contributed by atoms with E-state index in [0.29, 0.717) is 40.9 Å². The van der Waals surface area contributed by atoms with Crippen LogP contribution in [0.25, 0.3) is 0 Å². The summed E-state index contributed by atoms with van der Waals surface area (Å²) in [6.45, 7) is 37.3. The van der Waals surface area contributed by atoms with E-state index < -0.39 is 23.1 Å². The third-order valence-corrected chi connectivity index (χ3v) is 25.7. The normalized spacial score (nSPS) is 20.6. The first kappa shape index (κ1) is 94.3. The maximum atomic E-state index is 12.6. The van der Waals surface area contributed by atoms with E-state index in [9.17, 15) is 28.8 Å². The number of ether oxygens (including phenoxy) is 10. The molecule has 0 spiro atoms. The van der Waals surface area contributed by atoms with E-state index in [1.165, 1.54) is 72.8 Å². The van der Waals surface area contributed by atoms with Crippen LogP contribution in [0.1, 0.15) is 359 Å². The number of benzene rings is 5. The SMILES string of the molecule is CCC(C)c1ccc(C(=O)OCC(=O)OC2(CC)CCCC2)cc1.CCC(C)c1ccc(OCC(=O)OC(C)(C)C)cc1.CCC(C)c1ccc(OCC(=O)OC(C)(C)C23CC4CC(CC(C4)C2)C3)cc1.CCC(C)c1ccc(OCC(=O)OC2(CC)CCCCC2)cc1.CCC(C)c1cccc(OCC(=O)OC2(C)CCCC2)c1. The summed E-state index contributed by atoms with van der Waals surface area (Å²) in [4.78, 5) is 72.2. The highest BCUT2D eigenvalue weighted by molar-refractivity contribution is 5.90. The van der Waals surface area contributed by atoms with Crippen molar-refractivity contribution in [1.29, 1.82) is 0 Å². The van der Waals surface area contributed by atoms with Crippen LogP contribution in [0.4, 0.5) is 0 Å². The first-order valence-corrected chi connectivity index (χ1v) is 44.0. The smallest absolute Gasteiger partial charge is 0.344 e. The Morgan fingerprint density at radius 2 is 0.704 bits per heavy atom. The zero-order valence-electron chi connectivity index (χ0n) is 73.6. The molecule has 7 fully saturated rings. The molecule has 0 heterocycles. The molecule has 5 aromatic rings. The van der Waals surface area contributed by atoms with E-state index in [4.69, 9.17) is 47.4 Å². The molecule has 636 valence electrons. The summed E-state index contributed by atoms with van der Waals surface area (Å²) >= 11 is 0. The van der Waals surface area contributed by atoms with Crippen molar-refractivity contribution >= 4 is 35.8 Å². The van der Waals surface area contributed by atoms with Gasteiger partial charge in [-0.25, -0.2) is 28.8 Å². The number of esters is 6. The van der Waals surface area contributed by atoms with Crippen molar-refractivity contribution in [3.63, 3.8) is 0 Å². The molecular weight excluding hydrogens is 1450 g/mol. The van der Waals surface area contributed by atoms with Gasteiger partial charge in [-0.05, 0) is 338 Å². The molecular formula is C99H144O16. The van der Waals surface area contributed by atoms with Gasteiger partial charge in [0.15, 0.2) is 33.0 Å². The first-order valence-electron chi connectivity index (χ1n) is 44.0. The summed E-state index contributed by atoms with van der Waals surface area (Å²) < 4.78 is 55.6. The van der Waals surface area contributed by atoms with E-state index in [2.05, 4.69) is 120 Å². The molecule has 5 aromatic carbocycles. The molecule has 4 bridgehead atoms. The van der Waals surface area contributed by atoms with Crippen LogP contribution in [0.15, 0.2) is 121 Å². The van der Waals surface area contributed by atoms with Gasteiger partial charge < -0.3 is 47.4 Å². The number of hydrogen-bond donors (Lipinski definition) is 0. The minimum absolute atomic E-state index is 0.00950. The Hall–Kier alpha value is -7.88. The Bertz CT molecular complexity index is 3720. The van der Waals surface area contributed by atoms with E-state index in [0.717, 1.165) is 157 Å². The van der Waals surface area contributed by atoms with E-state index in [1.54, 1.807) is 12.1 Å². The molecule has 16 heteroatoms. The number of rotatable bonds is 32. The lowest BCUT2D eigenvalue weighted by Crippen LogP contribution is -2.57. The lowest BCUT2D eigenvalue weighted by molar-refractivity contribution is -0.200. The fourth-order valence-electron chi connectivity index (χ4n) is 17.5. The van der Waals surface area contributed by atoms with Crippen LogP contribution >= 0.6 is 0 Å². The summed E-state index contributed by atoms with van der Waals surface area (Å²) in [6, 6.07) is 39.3. The van der Waals surface area contributed by atoms with Gasteiger partial charge in [0.05, 0.1) is 5.56 Å². The number of hydrogen-bond acceptors (Lipinski definition) is 16. The molecule has 0 aliphatic heterocycles. The molecule has 0 radical (unpaired) electrons. The summed E-state index contributed by atoms with van der Waals surface area (Å²) in [5, 5.41) is 0. The molecule has 5 atom stereocenters. The molecule has 7 aliphatic rings. The number of carbonyl (C=O) groups excluding carboxylic acids is 6. The average Bonchev–Trinajstić information content (AvgIpc) is 1.50. The van der Waals surface area contributed by atoms with Crippen LogP contribution in [0, 0.1) is 23.2 Å². The fraction of sp³-hybridized carbons (Fsp3) is 0.636. The Labute approximate surface area is 691 Å². The summed E-state index contributed by atoms with van der Waals surface area (Å²) in [6.07, 6.45) is 28.8. The second-order valence-corrected chi connectivity index (χ2v) is 35.9. The van der Waals surface area contributed by atoms with Crippen molar-refractivity contribution < 1.29 is 76.1 Å². The van der Waals surface area contributed by atoms with Gasteiger partial charge in [0.25, 0.3) is 0 Å². The standard InChI is InChI=1S/C25H36O3.C20H28O4.C20H30O3.C18H26O3.C16H24O3/c1-5-17(2)21-6-8-22(9-7-21)27-16-23(26)28-24(3,4)25-13-18-10-19(14-25)12-20(11-18)15-25;1-4-15(3)16-8-10-17(11-9-16)19(22)23-14-18(21)24-20(5-2)12-6-7-13-20;1-4-16(3)17-9-11-18(12-10-17)22-15-19(21)23-20(5-2)13-7-6-8-14-20;1-4-14(2)15-8-7-9-16(12-15)20-13-17(19)21-18(3)10-5-6-11-18;1-6-12(2)13-7-9-14(10-8-13)18-11-15(17)19-16(3,4)5/h6-9,17-20H,5,10-16H2,1-4H3;8-11,15H,4-7,12-14H2,1-3H3;9-12,16H,4-8,13-15H2,1-3H3;7-9,12,14H,4-6,10-11,13H2,1-3H3;7-10,12H,6,11H2,1-5H3. The molecule has 5 unspecified atom stereocenters. The molecule has 7 aliphatic carbocycles. The molecule has 7 saturated carbocycles. The van der Waals surface area contributed by atoms with Crippen LogP contribution in [-0.2, 0) is 52.4 Å². The summed E-state index contributed by atoms with van der Waals surface area (Å²) in [7, 11) is 0. The van der Waals surface area contributed by atoms with Crippen molar-refractivity contribution in [2.75, 3.05) is 33.0 Å². The summed E-state index contributed by atoms with van der Waals surface area (Å²) in [5.74, 6) is 5.98. The molecule has 16 nitrogen and oxygen atoms in total. The predicted octanol–water partition coefficient (Wildman–Crippen LogP) is 24.4. The minimum atomic E-state index is -0.486. The van der Waals surface area contributed by atoms with Gasteiger partial charge in [0, 0.05) is 5.41 Å². The lowest BCUT2D eigenvalue weighted by atomic mass is 9.46. The Morgan fingerprint density at radius 3 is 1.09 bits per heavy atom. The second kappa shape index (κ2) is 45.2. The van der Waals surface area contributed by atoms with Gasteiger partial charge in [-0.3, -0.25) is 0 Å². The highest BCUT2D eigenvalue weighted by Crippen LogP contribution is 2.64. The van der Waals surface area contributed by atoms with Crippen molar-refractivity contribution in [2.24, 2.45) is 23.2 Å². The molecule has 12 rings (SSSR count). The van der Waals surface area contributed by atoms with Crippen molar-refractivity contribution in [1.82, 2.24) is 0 Å². The quantitative estimate of drug-likeness (QED) is 0.0291. The molecule has 0 aromatic heterocycles. The van der Waals surface area contributed by atoms with Gasteiger partial charge in [0.2, 0.25) is 0 Å². The third-order valence-electron chi connectivity index (χ3n) is 25.7. The van der Waals surface area contributed by atoms with Crippen molar-refractivity contribution in [3.8, 4) is 23.0 Å². The molecule has 0 amide bonds. The van der Waals surface area contributed by atoms with Crippen LogP contribution in [0.3, 0.4) is 0 Å².